The van der Waals surface area contributed by atoms with Crippen molar-refractivity contribution < 1.29 is 18.8 Å². The highest BCUT2D eigenvalue weighted by Crippen LogP contribution is 2.40. The highest BCUT2D eigenvalue weighted by Gasteiger charge is 2.49. The molecule has 3 aromatic rings. The molecule has 0 spiro atoms. The lowest BCUT2D eigenvalue weighted by Crippen LogP contribution is -2.66. The van der Waals surface area contributed by atoms with E-state index in [1.54, 1.807) is 0 Å². The van der Waals surface area contributed by atoms with Crippen molar-refractivity contribution in [3.8, 4) is 0 Å². The van der Waals surface area contributed by atoms with Crippen LogP contribution in [0, 0.1) is 5.92 Å². The van der Waals surface area contributed by atoms with Crippen molar-refractivity contribution in [1.82, 2.24) is 15.0 Å². The molecule has 2 aromatic carbocycles. The number of rotatable bonds is 5. The number of piperidine rings is 3. The largest absolute Gasteiger partial charge is 0.455 e. The number of nitrogens with zero attached hydrogens (tertiary/aromatic N) is 4. The third-order valence-corrected chi connectivity index (χ3v) is 7.88. The molecule has 4 heterocycles. The van der Waals surface area contributed by atoms with E-state index in [0.29, 0.717) is 23.5 Å². The van der Waals surface area contributed by atoms with Crippen molar-refractivity contribution in [2.75, 3.05) is 31.5 Å². The van der Waals surface area contributed by atoms with Crippen LogP contribution >= 0.6 is 0 Å². The predicted octanol–water partition coefficient (Wildman–Crippen LogP) is 2.70. The van der Waals surface area contributed by atoms with E-state index >= 15 is 0 Å². The van der Waals surface area contributed by atoms with Crippen LogP contribution in [0.1, 0.15) is 41.0 Å². The minimum Gasteiger partial charge on any atom is -0.455 e. The van der Waals surface area contributed by atoms with E-state index in [-0.39, 0.29) is 23.9 Å². The third-order valence-electron chi connectivity index (χ3n) is 7.88. The van der Waals surface area contributed by atoms with Crippen molar-refractivity contribution >= 4 is 17.8 Å². The van der Waals surface area contributed by atoms with Gasteiger partial charge in [-0.25, -0.2) is 15.0 Å². The standard InChI is InChI=1S/C27H27N5O3/c33-24(31-27-29-16-28-17-30-27)15-32-11-9-18(10-12-32)23(14-32)35-26(34)25-21-7-3-1-5-19(21)13-20-6-2-4-8-22(20)25/h1-8,16-18,23,25H,9-15H2/p+1/t18?,23-,32?/m0/s1. The van der Waals surface area contributed by atoms with Crippen LogP contribution in [-0.4, -0.2) is 63.6 Å². The molecule has 3 aliphatic heterocycles. The summed E-state index contributed by atoms with van der Waals surface area (Å²) in [6.07, 6.45) is 5.27. The fourth-order valence-corrected chi connectivity index (χ4v) is 6.15. The van der Waals surface area contributed by atoms with E-state index in [1.807, 2.05) is 36.4 Å². The quantitative estimate of drug-likeness (QED) is 0.455. The number of fused-ring (bicyclic) bond motifs is 5. The van der Waals surface area contributed by atoms with Crippen LogP contribution < -0.4 is 5.32 Å². The highest BCUT2D eigenvalue weighted by molar-refractivity contribution is 5.89. The molecular weight excluding hydrogens is 442 g/mol. The fourth-order valence-electron chi connectivity index (χ4n) is 6.15. The van der Waals surface area contributed by atoms with Gasteiger partial charge in [-0.1, -0.05) is 48.5 Å². The van der Waals surface area contributed by atoms with E-state index in [1.165, 1.54) is 23.8 Å². The van der Waals surface area contributed by atoms with Crippen LogP contribution in [0.3, 0.4) is 0 Å². The maximum absolute atomic E-state index is 13.7. The number of carbonyl (C=O) groups excluding carboxylic acids is 2. The molecule has 1 aromatic heterocycles. The molecule has 8 nitrogen and oxygen atoms in total. The summed E-state index contributed by atoms with van der Waals surface area (Å²) in [4.78, 5) is 38.2. The van der Waals surface area contributed by atoms with Crippen LogP contribution in [0.5, 0.6) is 0 Å². The molecule has 0 radical (unpaired) electrons. The first-order valence-corrected chi connectivity index (χ1v) is 12.2. The maximum Gasteiger partial charge on any atom is 0.318 e. The zero-order valence-electron chi connectivity index (χ0n) is 19.5. The SMILES string of the molecule is O=C(C[N+]12CCC(CC1)[C@@H](OC(=O)C1c3ccccc3Cc3ccccc31)C2)Nc1ncncn1. The maximum atomic E-state index is 13.7. The van der Waals surface area contributed by atoms with Crippen molar-refractivity contribution in [2.24, 2.45) is 5.92 Å². The van der Waals surface area contributed by atoms with Crippen molar-refractivity contribution in [3.63, 3.8) is 0 Å². The number of esters is 1. The monoisotopic (exact) mass is 470 g/mol. The van der Waals surface area contributed by atoms with Crippen LogP contribution in [0.2, 0.25) is 0 Å². The Kier molecular flexibility index (Phi) is 5.53. The van der Waals surface area contributed by atoms with E-state index in [0.717, 1.165) is 43.5 Å². The smallest absolute Gasteiger partial charge is 0.318 e. The average Bonchev–Trinajstić information content (AvgIpc) is 2.88. The lowest BCUT2D eigenvalue weighted by atomic mass is 9.78. The summed E-state index contributed by atoms with van der Waals surface area (Å²) in [5, 5.41) is 2.77. The fraction of sp³-hybridized carbons (Fsp3) is 0.370. The summed E-state index contributed by atoms with van der Waals surface area (Å²) < 4.78 is 6.91. The average molecular weight is 471 g/mol. The van der Waals surface area contributed by atoms with Gasteiger partial charge in [-0.15, -0.1) is 0 Å². The van der Waals surface area contributed by atoms with E-state index in [2.05, 4.69) is 32.4 Å². The van der Waals surface area contributed by atoms with Gasteiger partial charge in [0.25, 0.3) is 5.91 Å². The number of anilines is 1. The van der Waals surface area contributed by atoms with Crippen molar-refractivity contribution in [2.45, 2.75) is 31.3 Å². The molecule has 4 aliphatic rings. The van der Waals surface area contributed by atoms with Gasteiger partial charge in [0, 0.05) is 18.8 Å². The summed E-state index contributed by atoms with van der Waals surface area (Å²) in [6.45, 7) is 2.81. The summed E-state index contributed by atoms with van der Waals surface area (Å²) in [7, 11) is 0. The molecule has 3 saturated heterocycles. The summed E-state index contributed by atoms with van der Waals surface area (Å²) in [6, 6.07) is 16.3. The molecule has 7 rings (SSSR count). The van der Waals surface area contributed by atoms with Gasteiger partial charge in [-0.2, -0.15) is 0 Å². The predicted molar refractivity (Wildman–Crippen MR) is 128 cm³/mol. The number of nitrogens with one attached hydrogen (secondary N) is 1. The number of hydrogen-bond donors (Lipinski definition) is 1. The Morgan fingerprint density at radius 2 is 1.57 bits per heavy atom. The van der Waals surface area contributed by atoms with Gasteiger partial charge >= 0.3 is 5.97 Å². The molecule has 1 atom stereocenters. The van der Waals surface area contributed by atoms with Crippen LogP contribution in [0.4, 0.5) is 5.95 Å². The minimum absolute atomic E-state index is 0.128. The third kappa shape index (κ3) is 4.18. The van der Waals surface area contributed by atoms with Gasteiger partial charge in [0.1, 0.15) is 25.1 Å². The van der Waals surface area contributed by atoms with Gasteiger partial charge in [0.05, 0.1) is 13.1 Å². The molecule has 8 heteroatoms. The van der Waals surface area contributed by atoms with Gasteiger partial charge in [0.15, 0.2) is 12.6 Å². The Hall–Kier alpha value is -3.65. The number of benzene rings is 2. The molecule has 178 valence electrons. The highest BCUT2D eigenvalue weighted by atomic mass is 16.5. The van der Waals surface area contributed by atoms with Gasteiger partial charge < -0.3 is 9.22 Å². The number of ether oxygens (including phenoxy) is 1. The Bertz CT molecular complexity index is 1210. The van der Waals surface area contributed by atoms with Crippen LogP contribution in [-0.2, 0) is 20.7 Å². The zero-order chi connectivity index (χ0) is 23.8. The topological polar surface area (TPSA) is 94.1 Å². The van der Waals surface area contributed by atoms with E-state index in [9.17, 15) is 9.59 Å². The van der Waals surface area contributed by atoms with Crippen molar-refractivity contribution in [3.05, 3.63) is 83.4 Å². The lowest BCUT2D eigenvalue weighted by Gasteiger charge is -2.51. The molecular formula is C27H28N5O3+. The molecule has 1 N–H and O–H groups in total. The molecule has 0 unspecified atom stereocenters. The number of carbonyl (C=O) groups is 2. The first-order valence-electron chi connectivity index (χ1n) is 12.2. The van der Waals surface area contributed by atoms with Crippen molar-refractivity contribution in [1.29, 1.82) is 0 Å². The molecule has 3 fully saturated rings. The molecule has 2 bridgehead atoms. The second-order valence-electron chi connectivity index (χ2n) is 9.96. The summed E-state index contributed by atoms with van der Waals surface area (Å²) >= 11 is 0. The second-order valence-corrected chi connectivity index (χ2v) is 9.96. The molecule has 35 heavy (non-hydrogen) atoms. The Morgan fingerprint density at radius 1 is 0.943 bits per heavy atom. The minimum atomic E-state index is -0.410. The number of aromatic nitrogens is 3. The molecule has 1 aliphatic carbocycles. The number of hydrogen-bond acceptors (Lipinski definition) is 6. The number of amides is 1. The Balaban J connectivity index is 1.19. The zero-order valence-corrected chi connectivity index (χ0v) is 19.5. The second kappa shape index (κ2) is 8.85. The lowest BCUT2D eigenvalue weighted by molar-refractivity contribution is -0.938. The summed E-state index contributed by atoms with van der Waals surface area (Å²) in [5.41, 5.74) is 4.44. The summed E-state index contributed by atoms with van der Waals surface area (Å²) in [5.74, 6) is -0.118. The van der Waals surface area contributed by atoms with E-state index in [4.69, 9.17) is 4.74 Å². The van der Waals surface area contributed by atoms with Gasteiger partial charge in [0.2, 0.25) is 5.95 Å². The number of quaternary nitrogens is 1. The normalized spacial score (nSPS) is 24.8. The first kappa shape index (κ1) is 21.9. The van der Waals surface area contributed by atoms with Crippen LogP contribution in [0.25, 0.3) is 0 Å². The molecule has 1 amide bonds. The van der Waals surface area contributed by atoms with Gasteiger partial charge in [-0.05, 0) is 28.7 Å². The molecule has 0 saturated carbocycles. The first-order chi connectivity index (χ1) is 17.1. The van der Waals surface area contributed by atoms with E-state index < -0.39 is 5.92 Å². The van der Waals surface area contributed by atoms with Gasteiger partial charge in [-0.3, -0.25) is 14.9 Å². The Labute approximate surface area is 204 Å². The van der Waals surface area contributed by atoms with Crippen LogP contribution in [0.15, 0.2) is 61.2 Å². The Morgan fingerprint density at radius 3 is 2.23 bits per heavy atom.